The zero-order valence-corrected chi connectivity index (χ0v) is 9.02. The van der Waals surface area contributed by atoms with E-state index in [1.165, 1.54) is 6.07 Å². The summed E-state index contributed by atoms with van der Waals surface area (Å²) in [6.45, 7) is 0. The molecular weight excluding hydrogens is 268 g/mol. The normalized spacial score (nSPS) is 8.84. The molecule has 0 saturated heterocycles. The van der Waals surface area contributed by atoms with Crippen LogP contribution in [0, 0.1) is 0 Å². The Morgan fingerprint density at radius 2 is 1.16 bits per heavy atom. The zero-order chi connectivity index (χ0) is 13.7. The number of rotatable bonds is 3. The Kier molecular flexibility index (Phi) is 5.60. The number of benzene rings is 1. The lowest BCUT2D eigenvalue weighted by atomic mass is 10.3. The van der Waals surface area contributed by atoms with E-state index in [4.69, 9.17) is 15.3 Å². The van der Waals surface area contributed by atoms with Gasteiger partial charge in [-0.15, -0.1) is 0 Å². The van der Waals surface area contributed by atoms with Gasteiger partial charge in [-0.05, 0) is 12.1 Å². The Hall–Kier alpha value is -3.01. The predicted molar refractivity (Wildman–Crippen MR) is 56.0 cm³/mol. The molecular formula is C9H8O10. The van der Waals surface area contributed by atoms with Crippen molar-refractivity contribution in [3.8, 4) is 17.2 Å². The molecule has 0 fully saturated rings. The lowest BCUT2D eigenvalue weighted by Gasteiger charge is -2.10. The summed E-state index contributed by atoms with van der Waals surface area (Å²) in [7, 11) is 0. The maximum absolute atomic E-state index is 10.4. The van der Waals surface area contributed by atoms with Gasteiger partial charge in [-0.1, -0.05) is 6.07 Å². The van der Waals surface area contributed by atoms with Crippen LogP contribution in [0.25, 0.3) is 0 Å². The minimum atomic E-state index is -1.79. The Morgan fingerprint density at radius 3 is 1.47 bits per heavy atom. The van der Waals surface area contributed by atoms with Gasteiger partial charge in [0, 0.05) is 0 Å². The van der Waals surface area contributed by atoms with Crippen LogP contribution in [0.3, 0.4) is 0 Å². The SMILES string of the molecule is O.O=C(O)Oc1cccc(OC(=O)O)c1OC(=O)O. The second kappa shape index (κ2) is 6.66. The van der Waals surface area contributed by atoms with Gasteiger partial charge in [0.2, 0.25) is 5.75 Å². The molecule has 0 aromatic heterocycles. The van der Waals surface area contributed by atoms with Gasteiger partial charge >= 0.3 is 18.5 Å². The van der Waals surface area contributed by atoms with E-state index < -0.39 is 35.7 Å². The number of carbonyl (C=O) groups is 3. The van der Waals surface area contributed by atoms with Crippen molar-refractivity contribution in [1.29, 1.82) is 0 Å². The van der Waals surface area contributed by atoms with Crippen molar-refractivity contribution in [2.75, 3.05) is 0 Å². The van der Waals surface area contributed by atoms with E-state index in [2.05, 4.69) is 14.2 Å². The standard InChI is InChI=1S/C9H6O9.H2O/c10-7(11)16-4-2-1-3-5(17-8(12)13)6(4)18-9(14)15;/h1-3H,(H,10,11)(H,12,13)(H,14,15);1H2. The van der Waals surface area contributed by atoms with Crippen molar-refractivity contribution in [3.63, 3.8) is 0 Å². The summed E-state index contributed by atoms with van der Waals surface area (Å²) in [5.74, 6) is -1.69. The molecule has 0 spiro atoms. The predicted octanol–water partition coefficient (Wildman–Crippen LogP) is 1.03. The Morgan fingerprint density at radius 1 is 0.789 bits per heavy atom. The van der Waals surface area contributed by atoms with Crippen molar-refractivity contribution < 1.29 is 49.4 Å². The first kappa shape index (κ1) is 16.0. The highest BCUT2D eigenvalue weighted by Crippen LogP contribution is 2.37. The van der Waals surface area contributed by atoms with E-state index in [1.807, 2.05) is 0 Å². The van der Waals surface area contributed by atoms with Crippen LogP contribution in [-0.4, -0.2) is 39.3 Å². The molecule has 104 valence electrons. The van der Waals surface area contributed by atoms with Gasteiger partial charge in [0.1, 0.15) is 0 Å². The number of hydrogen-bond acceptors (Lipinski definition) is 6. The Bertz CT molecular complexity index is 460. The summed E-state index contributed by atoms with van der Waals surface area (Å²) in [6.07, 6.45) is -5.23. The maximum Gasteiger partial charge on any atom is 0.511 e. The molecule has 0 aliphatic carbocycles. The first-order chi connectivity index (χ1) is 8.40. The summed E-state index contributed by atoms with van der Waals surface area (Å²) in [6, 6.07) is 3.34. The van der Waals surface area contributed by atoms with Crippen molar-refractivity contribution in [3.05, 3.63) is 18.2 Å². The fourth-order valence-electron chi connectivity index (χ4n) is 1.03. The topological polar surface area (TPSA) is 171 Å². The molecule has 5 N–H and O–H groups in total. The van der Waals surface area contributed by atoms with Crippen molar-refractivity contribution >= 4 is 18.5 Å². The van der Waals surface area contributed by atoms with Gasteiger partial charge in [-0.3, -0.25) is 0 Å². The molecule has 10 heteroatoms. The van der Waals surface area contributed by atoms with Gasteiger partial charge < -0.3 is 35.0 Å². The second-order valence-corrected chi connectivity index (χ2v) is 2.69. The Balaban J connectivity index is 0.00000324. The fourth-order valence-corrected chi connectivity index (χ4v) is 1.03. The second-order valence-electron chi connectivity index (χ2n) is 2.69. The monoisotopic (exact) mass is 276 g/mol. The molecule has 19 heavy (non-hydrogen) atoms. The summed E-state index contributed by atoms with van der Waals surface area (Å²) in [4.78, 5) is 31.1. The zero-order valence-electron chi connectivity index (χ0n) is 9.02. The molecule has 0 amide bonds. The third-order valence-corrected chi connectivity index (χ3v) is 1.53. The van der Waals surface area contributed by atoms with Crippen LogP contribution in [0.1, 0.15) is 0 Å². The number of hydrogen-bond donors (Lipinski definition) is 3. The molecule has 0 unspecified atom stereocenters. The quantitative estimate of drug-likeness (QED) is 0.538. The lowest BCUT2D eigenvalue weighted by Crippen LogP contribution is -2.11. The minimum Gasteiger partial charge on any atom is -0.449 e. The van der Waals surface area contributed by atoms with Crippen LogP contribution in [0.2, 0.25) is 0 Å². The average molecular weight is 276 g/mol. The number of carboxylic acid groups (broad SMARTS) is 3. The molecule has 1 rings (SSSR count). The van der Waals surface area contributed by atoms with E-state index in [1.54, 1.807) is 0 Å². The van der Waals surface area contributed by atoms with Crippen molar-refractivity contribution in [2.24, 2.45) is 0 Å². The smallest absolute Gasteiger partial charge is 0.449 e. The summed E-state index contributed by atoms with van der Waals surface area (Å²) in [5, 5.41) is 25.3. The first-order valence-corrected chi connectivity index (χ1v) is 4.25. The molecule has 0 radical (unpaired) electrons. The van der Waals surface area contributed by atoms with Crippen LogP contribution in [-0.2, 0) is 0 Å². The highest BCUT2D eigenvalue weighted by Gasteiger charge is 2.19. The van der Waals surface area contributed by atoms with Gasteiger partial charge in [0.05, 0.1) is 0 Å². The lowest BCUT2D eigenvalue weighted by molar-refractivity contribution is 0.126. The molecule has 0 aliphatic heterocycles. The highest BCUT2D eigenvalue weighted by molar-refractivity contribution is 5.71. The largest absolute Gasteiger partial charge is 0.511 e. The van der Waals surface area contributed by atoms with Gasteiger partial charge in [-0.2, -0.15) is 0 Å². The van der Waals surface area contributed by atoms with Crippen molar-refractivity contribution in [1.82, 2.24) is 0 Å². The van der Waals surface area contributed by atoms with Crippen LogP contribution < -0.4 is 14.2 Å². The fraction of sp³-hybridized carbons (Fsp3) is 0. The van der Waals surface area contributed by atoms with E-state index >= 15 is 0 Å². The molecule has 0 aliphatic rings. The first-order valence-electron chi connectivity index (χ1n) is 4.25. The third kappa shape index (κ3) is 4.79. The Labute approximate surface area is 104 Å². The van der Waals surface area contributed by atoms with Crippen LogP contribution >= 0.6 is 0 Å². The third-order valence-electron chi connectivity index (χ3n) is 1.53. The highest BCUT2D eigenvalue weighted by atomic mass is 16.7. The minimum absolute atomic E-state index is 0. The maximum atomic E-state index is 10.4. The van der Waals surface area contributed by atoms with Crippen LogP contribution in [0.15, 0.2) is 18.2 Å². The number of para-hydroxylation sites is 1. The van der Waals surface area contributed by atoms with E-state index in [9.17, 15) is 14.4 Å². The summed E-state index contributed by atoms with van der Waals surface area (Å²) in [5.41, 5.74) is 0. The van der Waals surface area contributed by atoms with Crippen LogP contribution in [0.4, 0.5) is 14.4 Å². The summed E-state index contributed by atoms with van der Waals surface area (Å²) < 4.78 is 12.7. The molecule has 0 atom stereocenters. The molecule has 1 aromatic carbocycles. The van der Waals surface area contributed by atoms with Gasteiger partial charge in [0.25, 0.3) is 0 Å². The molecule has 0 saturated carbocycles. The van der Waals surface area contributed by atoms with E-state index in [0.29, 0.717) is 0 Å². The number of ether oxygens (including phenoxy) is 3. The van der Waals surface area contributed by atoms with E-state index in [0.717, 1.165) is 12.1 Å². The molecule has 0 bridgehead atoms. The molecule has 0 heterocycles. The molecule has 10 nitrogen and oxygen atoms in total. The van der Waals surface area contributed by atoms with Crippen LogP contribution in [0.5, 0.6) is 17.2 Å². The van der Waals surface area contributed by atoms with Crippen molar-refractivity contribution in [2.45, 2.75) is 0 Å². The van der Waals surface area contributed by atoms with Gasteiger partial charge in [0.15, 0.2) is 11.5 Å². The summed E-state index contributed by atoms with van der Waals surface area (Å²) >= 11 is 0. The van der Waals surface area contributed by atoms with E-state index in [-0.39, 0.29) is 5.48 Å². The molecule has 1 aromatic rings. The van der Waals surface area contributed by atoms with Gasteiger partial charge in [-0.25, -0.2) is 14.4 Å². The average Bonchev–Trinajstić information content (AvgIpc) is 2.20.